The van der Waals surface area contributed by atoms with Gasteiger partial charge in [-0.25, -0.2) is 0 Å². The minimum absolute atomic E-state index is 0. The summed E-state index contributed by atoms with van der Waals surface area (Å²) in [7, 11) is 3.86. The first-order valence-corrected chi connectivity index (χ1v) is 7.80. The van der Waals surface area contributed by atoms with Crippen LogP contribution in [0.4, 0.5) is 0 Å². The van der Waals surface area contributed by atoms with Crippen molar-refractivity contribution in [1.82, 2.24) is 4.90 Å². The molecule has 2 atom stereocenters. The molecule has 2 unspecified atom stereocenters. The van der Waals surface area contributed by atoms with Crippen molar-refractivity contribution in [2.75, 3.05) is 27.2 Å². The molecule has 0 N–H and O–H groups in total. The van der Waals surface area contributed by atoms with Crippen molar-refractivity contribution in [2.24, 2.45) is 0 Å². The van der Waals surface area contributed by atoms with Gasteiger partial charge in [0.2, 0.25) is 0 Å². The molecule has 0 radical (unpaired) electrons. The average molecular weight is 334 g/mol. The molecule has 1 fully saturated rings. The first-order chi connectivity index (χ1) is 10.8. The van der Waals surface area contributed by atoms with E-state index < -0.39 is 0 Å². The molecule has 2 aromatic carbocycles. The normalized spacial score (nSPS) is 21.3. The molecule has 3 nitrogen and oxygen atoms in total. The second-order valence-electron chi connectivity index (χ2n) is 5.90. The zero-order chi connectivity index (χ0) is 15.4. The number of hydrogen-bond donors (Lipinski definition) is 0. The molecule has 1 aliphatic rings. The molecule has 3 rings (SSSR count). The molecular weight excluding hydrogens is 310 g/mol. The maximum atomic E-state index is 6.29. The van der Waals surface area contributed by atoms with E-state index in [1.54, 1.807) is 7.11 Å². The Morgan fingerprint density at radius 1 is 0.957 bits per heavy atom. The van der Waals surface area contributed by atoms with Gasteiger partial charge in [-0.15, -0.1) is 12.4 Å². The predicted molar refractivity (Wildman–Crippen MR) is 96.0 cm³/mol. The SMILES string of the molecule is COc1ccc(OC2CCN(C)CC2c2ccccc2)cc1.Cl. The minimum Gasteiger partial charge on any atom is -0.497 e. The number of likely N-dealkylation sites (N-methyl/N-ethyl adjacent to an activating group) is 1. The summed E-state index contributed by atoms with van der Waals surface area (Å²) in [6.45, 7) is 2.11. The van der Waals surface area contributed by atoms with E-state index in [9.17, 15) is 0 Å². The molecule has 1 heterocycles. The Labute approximate surface area is 144 Å². The van der Waals surface area contributed by atoms with Crippen LogP contribution in [0.2, 0.25) is 0 Å². The van der Waals surface area contributed by atoms with Crippen molar-refractivity contribution in [3.8, 4) is 11.5 Å². The van der Waals surface area contributed by atoms with Gasteiger partial charge >= 0.3 is 0 Å². The van der Waals surface area contributed by atoms with E-state index in [-0.39, 0.29) is 18.5 Å². The quantitative estimate of drug-likeness (QED) is 0.844. The van der Waals surface area contributed by atoms with Crippen LogP contribution in [0, 0.1) is 0 Å². The van der Waals surface area contributed by atoms with Crippen LogP contribution in [0.15, 0.2) is 54.6 Å². The standard InChI is InChI=1S/C19H23NO2.ClH/c1-20-13-12-19(18(14-20)15-6-4-3-5-7-15)22-17-10-8-16(21-2)9-11-17;/h3-11,18-19H,12-14H2,1-2H3;1H. The smallest absolute Gasteiger partial charge is 0.120 e. The Hall–Kier alpha value is -1.71. The van der Waals surface area contributed by atoms with E-state index in [4.69, 9.17) is 9.47 Å². The maximum absolute atomic E-state index is 6.29. The first-order valence-electron chi connectivity index (χ1n) is 7.80. The predicted octanol–water partition coefficient (Wildman–Crippen LogP) is 3.98. The zero-order valence-electron chi connectivity index (χ0n) is 13.6. The second kappa shape index (κ2) is 8.23. The Bertz CT molecular complexity index is 588. The summed E-state index contributed by atoms with van der Waals surface area (Å²) in [5.41, 5.74) is 1.35. The molecule has 23 heavy (non-hydrogen) atoms. The van der Waals surface area contributed by atoms with E-state index in [0.717, 1.165) is 31.0 Å². The van der Waals surface area contributed by atoms with Crippen molar-refractivity contribution in [2.45, 2.75) is 18.4 Å². The van der Waals surface area contributed by atoms with Gasteiger partial charge in [-0.1, -0.05) is 30.3 Å². The number of methoxy groups -OCH3 is 1. The number of benzene rings is 2. The van der Waals surface area contributed by atoms with Crippen LogP contribution in [-0.2, 0) is 0 Å². The Morgan fingerprint density at radius 2 is 1.61 bits per heavy atom. The van der Waals surface area contributed by atoms with Gasteiger partial charge in [-0.3, -0.25) is 0 Å². The zero-order valence-corrected chi connectivity index (χ0v) is 14.5. The van der Waals surface area contributed by atoms with Crippen LogP contribution in [0.25, 0.3) is 0 Å². The highest BCUT2D eigenvalue weighted by Gasteiger charge is 2.30. The third-order valence-electron chi connectivity index (χ3n) is 4.33. The molecule has 0 amide bonds. The summed E-state index contributed by atoms with van der Waals surface area (Å²) in [6, 6.07) is 18.5. The maximum Gasteiger partial charge on any atom is 0.120 e. The molecule has 0 aliphatic carbocycles. The van der Waals surface area contributed by atoms with Gasteiger partial charge in [0.15, 0.2) is 0 Å². The van der Waals surface area contributed by atoms with Gasteiger partial charge in [0.25, 0.3) is 0 Å². The topological polar surface area (TPSA) is 21.7 Å². The molecule has 124 valence electrons. The van der Waals surface area contributed by atoms with E-state index in [2.05, 4.69) is 42.3 Å². The summed E-state index contributed by atoms with van der Waals surface area (Å²) in [6.07, 6.45) is 1.26. The summed E-state index contributed by atoms with van der Waals surface area (Å²) < 4.78 is 11.5. The number of ether oxygens (including phenoxy) is 2. The molecule has 0 bridgehead atoms. The minimum atomic E-state index is 0. The lowest BCUT2D eigenvalue weighted by atomic mass is 9.88. The van der Waals surface area contributed by atoms with Gasteiger partial charge in [0.1, 0.15) is 17.6 Å². The lowest BCUT2D eigenvalue weighted by molar-refractivity contribution is 0.0901. The molecular formula is C19H24ClNO2. The number of likely N-dealkylation sites (tertiary alicyclic amines) is 1. The molecule has 0 spiro atoms. The summed E-state index contributed by atoms with van der Waals surface area (Å²) >= 11 is 0. The number of halogens is 1. The van der Waals surface area contributed by atoms with Crippen molar-refractivity contribution < 1.29 is 9.47 Å². The molecule has 1 aliphatic heterocycles. The summed E-state index contributed by atoms with van der Waals surface area (Å²) in [5, 5.41) is 0. The summed E-state index contributed by atoms with van der Waals surface area (Å²) in [5.74, 6) is 2.17. The Balaban J connectivity index is 0.00000192. The van der Waals surface area contributed by atoms with E-state index in [1.165, 1.54) is 5.56 Å². The van der Waals surface area contributed by atoms with Crippen LogP contribution in [0.3, 0.4) is 0 Å². The highest BCUT2D eigenvalue weighted by atomic mass is 35.5. The fourth-order valence-corrected chi connectivity index (χ4v) is 3.08. The molecule has 0 aromatic heterocycles. The van der Waals surface area contributed by atoms with E-state index >= 15 is 0 Å². The van der Waals surface area contributed by atoms with Gasteiger partial charge in [0.05, 0.1) is 7.11 Å². The van der Waals surface area contributed by atoms with Crippen molar-refractivity contribution in [1.29, 1.82) is 0 Å². The van der Waals surface area contributed by atoms with Gasteiger partial charge in [-0.05, 0) is 43.3 Å². The van der Waals surface area contributed by atoms with Crippen LogP contribution >= 0.6 is 12.4 Å². The van der Waals surface area contributed by atoms with E-state index in [1.807, 2.05) is 24.3 Å². The van der Waals surface area contributed by atoms with Gasteiger partial charge in [0, 0.05) is 19.0 Å². The Morgan fingerprint density at radius 3 is 2.26 bits per heavy atom. The number of nitrogens with zero attached hydrogens (tertiary/aromatic N) is 1. The van der Waals surface area contributed by atoms with E-state index in [0.29, 0.717) is 5.92 Å². The lowest BCUT2D eigenvalue weighted by Crippen LogP contribution is -2.42. The average Bonchev–Trinajstić information content (AvgIpc) is 2.58. The second-order valence-corrected chi connectivity index (χ2v) is 5.90. The third kappa shape index (κ3) is 4.40. The molecule has 1 saturated heterocycles. The lowest BCUT2D eigenvalue weighted by Gasteiger charge is -2.37. The highest BCUT2D eigenvalue weighted by molar-refractivity contribution is 5.85. The van der Waals surface area contributed by atoms with Crippen LogP contribution in [-0.4, -0.2) is 38.3 Å². The van der Waals surface area contributed by atoms with Gasteiger partial charge in [-0.2, -0.15) is 0 Å². The van der Waals surface area contributed by atoms with Crippen LogP contribution < -0.4 is 9.47 Å². The third-order valence-corrected chi connectivity index (χ3v) is 4.33. The molecule has 4 heteroatoms. The molecule has 0 saturated carbocycles. The van der Waals surface area contributed by atoms with Crippen LogP contribution in [0.1, 0.15) is 17.9 Å². The highest BCUT2D eigenvalue weighted by Crippen LogP contribution is 2.30. The van der Waals surface area contributed by atoms with Crippen LogP contribution in [0.5, 0.6) is 11.5 Å². The Kier molecular flexibility index (Phi) is 6.31. The number of rotatable bonds is 4. The largest absolute Gasteiger partial charge is 0.497 e. The van der Waals surface area contributed by atoms with Crippen molar-refractivity contribution in [3.63, 3.8) is 0 Å². The number of piperidine rings is 1. The van der Waals surface area contributed by atoms with Gasteiger partial charge < -0.3 is 14.4 Å². The molecule has 2 aromatic rings. The fourth-order valence-electron chi connectivity index (χ4n) is 3.08. The monoisotopic (exact) mass is 333 g/mol. The van der Waals surface area contributed by atoms with Crippen molar-refractivity contribution in [3.05, 3.63) is 60.2 Å². The summed E-state index contributed by atoms with van der Waals surface area (Å²) in [4.78, 5) is 2.38. The first kappa shape index (κ1) is 17.6. The number of hydrogen-bond acceptors (Lipinski definition) is 3. The van der Waals surface area contributed by atoms with Crippen molar-refractivity contribution >= 4 is 12.4 Å². The fraction of sp³-hybridized carbons (Fsp3) is 0.368.